The van der Waals surface area contributed by atoms with Crippen molar-refractivity contribution in [1.29, 1.82) is 0 Å². The van der Waals surface area contributed by atoms with E-state index in [1.54, 1.807) is 24.0 Å². The fraction of sp³-hybridized carbons (Fsp3) is 0.417. The van der Waals surface area contributed by atoms with Gasteiger partial charge in [0.05, 0.1) is 5.57 Å². The van der Waals surface area contributed by atoms with E-state index in [0.29, 0.717) is 37.1 Å². The van der Waals surface area contributed by atoms with Gasteiger partial charge in [0.2, 0.25) is 11.7 Å². The Bertz CT molecular complexity index is 1240. The Balaban J connectivity index is 1.36. The van der Waals surface area contributed by atoms with Gasteiger partial charge in [-0.3, -0.25) is 14.4 Å². The van der Waals surface area contributed by atoms with Gasteiger partial charge in [-0.05, 0) is 58.3 Å². The highest BCUT2D eigenvalue weighted by Gasteiger charge is 2.51. The van der Waals surface area contributed by atoms with E-state index in [4.69, 9.17) is 10.5 Å². The zero-order chi connectivity index (χ0) is 30.2. The predicted molar refractivity (Wildman–Crippen MR) is 169 cm³/mol. The van der Waals surface area contributed by atoms with Crippen LogP contribution >= 0.6 is 0 Å². The summed E-state index contributed by atoms with van der Waals surface area (Å²) in [5.41, 5.74) is 5.32. The minimum Gasteiger partial charge on any atom is -0.468 e. The highest BCUT2D eigenvalue weighted by Crippen LogP contribution is 2.43. The molecule has 2 heterocycles. The third-order valence-electron chi connectivity index (χ3n) is 7.65. The number of nitrogens with two attached hydrogens (primary N) is 1. The molecule has 42 heavy (non-hydrogen) atoms. The Labute approximate surface area is 251 Å². The topological polar surface area (TPSA) is 89.7 Å². The van der Waals surface area contributed by atoms with E-state index in [0.717, 1.165) is 44.9 Å². The summed E-state index contributed by atoms with van der Waals surface area (Å²) in [6, 6.07) is 9.13. The molecule has 6 nitrogen and oxygen atoms in total. The van der Waals surface area contributed by atoms with Gasteiger partial charge in [-0.15, -0.1) is 0 Å². The number of carbonyl (C=O) groups is 3. The number of allylic oxidation sites excluding steroid dienone is 10. The molecule has 0 saturated carbocycles. The summed E-state index contributed by atoms with van der Waals surface area (Å²) in [6.07, 6.45) is 29.3. The lowest BCUT2D eigenvalue weighted by Gasteiger charge is -2.24. The largest absolute Gasteiger partial charge is 0.468 e. The molecular formula is C36H46N2O4. The van der Waals surface area contributed by atoms with Crippen LogP contribution in [-0.4, -0.2) is 35.6 Å². The predicted octanol–water partition coefficient (Wildman–Crippen LogP) is 7.01. The van der Waals surface area contributed by atoms with Gasteiger partial charge in [0.15, 0.2) is 11.4 Å². The number of likely N-dealkylation sites (tertiary alicyclic amines) is 1. The molecule has 0 radical (unpaired) electrons. The summed E-state index contributed by atoms with van der Waals surface area (Å²) < 4.78 is 5.93. The minimum absolute atomic E-state index is 0.0657. The molecule has 2 aliphatic heterocycles. The van der Waals surface area contributed by atoms with Gasteiger partial charge in [-0.1, -0.05) is 98.0 Å². The molecule has 2 amide bonds. The number of ether oxygens (including phenoxy) is 1. The third-order valence-corrected chi connectivity index (χ3v) is 7.65. The number of rotatable bonds is 16. The van der Waals surface area contributed by atoms with Gasteiger partial charge in [0.25, 0.3) is 5.91 Å². The van der Waals surface area contributed by atoms with Crippen LogP contribution in [0, 0.1) is 5.92 Å². The summed E-state index contributed by atoms with van der Waals surface area (Å²) in [6.45, 7) is 4.76. The first kappa shape index (κ1) is 32.6. The number of Topliss-reactive ketones (excluding diaryl/α,β-unsaturated/α-hetero) is 1. The number of hydrogen-bond donors (Lipinski definition) is 1. The summed E-state index contributed by atoms with van der Waals surface area (Å²) in [5.74, 6) is -1.26. The van der Waals surface area contributed by atoms with Crippen molar-refractivity contribution in [3.05, 3.63) is 108 Å². The molecule has 1 unspecified atom stereocenters. The van der Waals surface area contributed by atoms with E-state index in [1.165, 1.54) is 0 Å². The maximum Gasteiger partial charge on any atom is 0.284 e. The molecule has 1 aromatic rings. The van der Waals surface area contributed by atoms with Crippen molar-refractivity contribution in [3.63, 3.8) is 0 Å². The van der Waals surface area contributed by atoms with Crippen molar-refractivity contribution in [2.45, 2.75) is 77.2 Å². The number of hydrogen-bond acceptors (Lipinski definition) is 4. The standard InChI is InChI=1S/C36H46N2O4/c1-3-4-5-6-7-8-9-10-11-12-13-14-15-16-17-18-22-25-31(39)38-27-26-29(28-38)32-33(35(37)41)42-36(2,34(32)40)30-23-20-19-21-24-30/h4-5,7-8,10-11,13-14,16-17,19-21,23-24,29H,3,6,9,12,15,18,22,25-28H2,1-2H3,(H2,37,41)/b5-4-,8-7-,11-10-,14-13-,17-16-/t29-,36?/m0/s1. The first-order chi connectivity index (χ1) is 20.4. The molecule has 1 fully saturated rings. The molecule has 2 atom stereocenters. The van der Waals surface area contributed by atoms with E-state index >= 15 is 0 Å². The van der Waals surface area contributed by atoms with E-state index in [1.807, 2.05) is 18.2 Å². The quantitative estimate of drug-likeness (QED) is 0.171. The maximum absolute atomic E-state index is 13.5. The lowest BCUT2D eigenvalue weighted by molar-refractivity contribution is -0.133. The Morgan fingerprint density at radius 2 is 1.50 bits per heavy atom. The second-order valence-electron chi connectivity index (χ2n) is 10.9. The number of nitrogens with zero attached hydrogens (tertiary/aromatic N) is 1. The molecule has 3 rings (SSSR count). The fourth-order valence-corrected chi connectivity index (χ4v) is 5.29. The van der Waals surface area contributed by atoms with E-state index in [2.05, 4.69) is 67.7 Å². The molecule has 1 saturated heterocycles. The third kappa shape index (κ3) is 9.30. The fourth-order valence-electron chi connectivity index (χ4n) is 5.29. The number of ketones is 1. The van der Waals surface area contributed by atoms with Crippen molar-refractivity contribution in [2.24, 2.45) is 11.7 Å². The number of primary amides is 1. The van der Waals surface area contributed by atoms with Crippen LogP contribution in [0.15, 0.2) is 102 Å². The van der Waals surface area contributed by atoms with Crippen LogP contribution in [0.5, 0.6) is 0 Å². The van der Waals surface area contributed by atoms with Crippen LogP contribution in [-0.2, 0) is 24.7 Å². The second-order valence-corrected chi connectivity index (χ2v) is 10.9. The Kier molecular flexibility index (Phi) is 13.3. The minimum atomic E-state index is -1.29. The van der Waals surface area contributed by atoms with Gasteiger partial charge in [0, 0.05) is 31.0 Å². The highest BCUT2D eigenvalue weighted by atomic mass is 16.5. The van der Waals surface area contributed by atoms with Gasteiger partial charge >= 0.3 is 0 Å². The van der Waals surface area contributed by atoms with Crippen LogP contribution in [0.2, 0.25) is 0 Å². The molecule has 224 valence electrons. The number of benzene rings is 1. The van der Waals surface area contributed by atoms with E-state index in [-0.39, 0.29) is 23.4 Å². The maximum atomic E-state index is 13.5. The van der Waals surface area contributed by atoms with Crippen molar-refractivity contribution < 1.29 is 19.1 Å². The highest BCUT2D eigenvalue weighted by molar-refractivity contribution is 6.11. The summed E-state index contributed by atoms with van der Waals surface area (Å²) in [5, 5.41) is 0. The van der Waals surface area contributed by atoms with Crippen molar-refractivity contribution in [2.75, 3.05) is 13.1 Å². The molecular weight excluding hydrogens is 524 g/mol. The Morgan fingerprint density at radius 1 is 0.929 bits per heavy atom. The molecule has 0 spiro atoms. The summed E-state index contributed by atoms with van der Waals surface area (Å²) in [4.78, 5) is 40.4. The van der Waals surface area contributed by atoms with Gasteiger partial charge in [-0.25, -0.2) is 0 Å². The average molecular weight is 571 g/mol. The molecule has 6 heteroatoms. The van der Waals surface area contributed by atoms with Gasteiger partial charge in [0.1, 0.15) is 0 Å². The number of carbonyl (C=O) groups excluding carboxylic acids is 3. The number of unbranched alkanes of at least 4 members (excludes halogenated alkanes) is 1. The normalized spacial score (nSPS) is 21.3. The lowest BCUT2D eigenvalue weighted by Crippen LogP contribution is -2.33. The van der Waals surface area contributed by atoms with Crippen LogP contribution < -0.4 is 5.73 Å². The first-order valence-corrected chi connectivity index (χ1v) is 15.2. The Morgan fingerprint density at radius 3 is 2.07 bits per heavy atom. The van der Waals surface area contributed by atoms with Crippen LogP contribution in [0.1, 0.15) is 77.2 Å². The van der Waals surface area contributed by atoms with Crippen LogP contribution in [0.25, 0.3) is 0 Å². The molecule has 0 aliphatic carbocycles. The van der Waals surface area contributed by atoms with Crippen molar-refractivity contribution >= 4 is 17.6 Å². The van der Waals surface area contributed by atoms with Gasteiger partial charge in [-0.2, -0.15) is 0 Å². The molecule has 1 aromatic carbocycles. The van der Waals surface area contributed by atoms with Crippen LogP contribution in [0.3, 0.4) is 0 Å². The molecule has 0 bridgehead atoms. The zero-order valence-corrected chi connectivity index (χ0v) is 25.2. The molecule has 2 aliphatic rings. The summed E-state index contributed by atoms with van der Waals surface area (Å²) >= 11 is 0. The van der Waals surface area contributed by atoms with Crippen LogP contribution in [0.4, 0.5) is 0 Å². The van der Waals surface area contributed by atoms with E-state index in [9.17, 15) is 14.4 Å². The van der Waals surface area contributed by atoms with Crippen molar-refractivity contribution in [3.8, 4) is 0 Å². The van der Waals surface area contributed by atoms with Crippen molar-refractivity contribution in [1.82, 2.24) is 4.90 Å². The lowest BCUT2D eigenvalue weighted by atomic mass is 9.84. The Hall–Kier alpha value is -3.93. The monoisotopic (exact) mass is 570 g/mol. The molecule has 2 N–H and O–H groups in total. The SMILES string of the molecule is CC/C=C\C/C=C\C/C=C\C/C=C\C/C=C\CCCC(=O)N1CC[C@H](C2=C(C(N)=O)OC(C)(c3ccccc3)C2=O)C1. The first-order valence-electron chi connectivity index (χ1n) is 15.2. The van der Waals surface area contributed by atoms with Gasteiger partial charge < -0.3 is 15.4 Å². The smallest absolute Gasteiger partial charge is 0.284 e. The van der Waals surface area contributed by atoms with E-state index < -0.39 is 11.5 Å². The zero-order valence-electron chi connectivity index (χ0n) is 25.2. The molecule has 0 aromatic heterocycles. The summed E-state index contributed by atoms with van der Waals surface area (Å²) in [7, 11) is 0. The average Bonchev–Trinajstić information content (AvgIpc) is 3.58. The second kappa shape index (κ2) is 17.1. The number of amides is 2.